The molecule has 1 aromatic heterocycles. The summed E-state index contributed by atoms with van der Waals surface area (Å²) in [7, 11) is 0. The highest BCUT2D eigenvalue weighted by molar-refractivity contribution is 4.91. The van der Waals surface area contributed by atoms with Gasteiger partial charge in [-0.25, -0.2) is 4.98 Å². The molecule has 15 heavy (non-hydrogen) atoms. The van der Waals surface area contributed by atoms with Gasteiger partial charge in [0.2, 0.25) is 5.89 Å². The highest BCUT2D eigenvalue weighted by atomic mass is 16.4. The number of nitrogens with two attached hydrogens (primary N) is 1. The van der Waals surface area contributed by atoms with E-state index in [1.54, 1.807) is 6.20 Å². The van der Waals surface area contributed by atoms with Gasteiger partial charge in [-0.05, 0) is 19.3 Å². The van der Waals surface area contributed by atoms with Gasteiger partial charge in [0.05, 0.1) is 12.7 Å². The fourth-order valence-corrected chi connectivity index (χ4v) is 2.06. The van der Waals surface area contributed by atoms with Crippen LogP contribution in [-0.4, -0.2) is 29.0 Å². The molecule has 2 N–H and O–H groups in total. The summed E-state index contributed by atoms with van der Waals surface area (Å²) in [4.78, 5) is 6.57. The summed E-state index contributed by atoms with van der Waals surface area (Å²) in [5.41, 5.74) is 5.97. The van der Waals surface area contributed by atoms with Gasteiger partial charge in [-0.3, -0.25) is 4.90 Å². The van der Waals surface area contributed by atoms with Crippen molar-refractivity contribution in [3.05, 3.63) is 17.8 Å². The molecule has 0 spiro atoms. The molecule has 1 saturated heterocycles. The first kappa shape index (κ1) is 10.6. The van der Waals surface area contributed by atoms with Crippen LogP contribution in [0.5, 0.6) is 0 Å². The summed E-state index contributed by atoms with van der Waals surface area (Å²) in [6.45, 7) is 7.03. The minimum absolute atomic E-state index is 0.354. The van der Waals surface area contributed by atoms with Crippen LogP contribution in [-0.2, 0) is 6.54 Å². The second-order valence-electron chi connectivity index (χ2n) is 4.53. The molecule has 0 bridgehead atoms. The van der Waals surface area contributed by atoms with Crippen LogP contribution < -0.4 is 5.73 Å². The van der Waals surface area contributed by atoms with Crippen LogP contribution in [0.1, 0.15) is 25.0 Å². The Balaban J connectivity index is 1.90. The Hall–Kier alpha value is -0.870. The van der Waals surface area contributed by atoms with E-state index < -0.39 is 0 Å². The SMILES string of the molecule is Cc1cnc(CN2CCC(N)C(C)C2)o1. The van der Waals surface area contributed by atoms with Crippen molar-refractivity contribution >= 4 is 0 Å². The van der Waals surface area contributed by atoms with Gasteiger partial charge in [-0.15, -0.1) is 0 Å². The molecule has 1 aromatic rings. The van der Waals surface area contributed by atoms with Crippen molar-refractivity contribution in [2.45, 2.75) is 32.9 Å². The van der Waals surface area contributed by atoms with E-state index in [2.05, 4.69) is 16.8 Å². The molecule has 84 valence electrons. The molecular formula is C11H19N3O. The standard InChI is InChI=1S/C11H19N3O/c1-8-6-14(4-3-10(8)12)7-11-13-5-9(2)15-11/h5,8,10H,3-4,6-7,12H2,1-2H3. The third kappa shape index (κ3) is 2.58. The number of hydrogen-bond acceptors (Lipinski definition) is 4. The molecule has 0 saturated carbocycles. The maximum Gasteiger partial charge on any atom is 0.208 e. The lowest BCUT2D eigenvalue weighted by Gasteiger charge is -2.34. The monoisotopic (exact) mass is 209 g/mol. The molecule has 0 aliphatic carbocycles. The normalized spacial score (nSPS) is 28.2. The van der Waals surface area contributed by atoms with Crippen molar-refractivity contribution < 1.29 is 4.42 Å². The van der Waals surface area contributed by atoms with E-state index in [0.29, 0.717) is 12.0 Å². The van der Waals surface area contributed by atoms with Gasteiger partial charge in [0.15, 0.2) is 0 Å². The molecule has 2 rings (SSSR count). The maximum atomic E-state index is 5.97. The molecule has 2 atom stereocenters. The Morgan fingerprint density at radius 1 is 1.67 bits per heavy atom. The third-order valence-electron chi connectivity index (χ3n) is 3.08. The lowest BCUT2D eigenvalue weighted by Crippen LogP contribution is -2.45. The van der Waals surface area contributed by atoms with Crippen molar-refractivity contribution in [2.75, 3.05) is 13.1 Å². The molecule has 2 unspecified atom stereocenters. The number of piperidine rings is 1. The summed E-state index contributed by atoms with van der Waals surface area (Å²) in [6.07, 6.45) is 2.84. The van der Waals surface area contributed by atoms with E-state index in [9.17, 15) is 0 Å². The Labute approximate surface area is 90.5 Å². The topological polar surface area (TPSA) is 55.3 Å². The minimum atomic E-state index is 0.354. The lowest BCUT2D eigenvalue weighted by atomic mass is 9.95. The number of likely N-dealkylation sites (tertiary alicyclic amines) is 1. The van der Waals surface area contributed by atoms with Crippen LogP contribution in [0.3, 0.4) is 0 Å². The van der Waals surface area contributed by atoms with Crippen LogP contribution in [0.2, 0.25) is 0 Å². The first-order valence-electron chi connectivity index (χ1n) is 5.54. The minimum Gasteiger partial charge on any atom is -0.445 e. The van der Waals surface area contributed by atoms with Gasteiger partial charge in [-0.1, -0.05) is 6.92 Å². The molecule has 1 fully saturated rings. The first-order valence-corrected chi connectivity index (χ1v) is 5.54. The summed E-state index contributed by atoms with van der Waals surface area (Å²) in [5.74, 6) is 2.26. The molecule has 0 aromatic carbocycles. The largest absolute Gasteiger partial charge is 0.445 e. The third-order valence-corrected chi connectivity index (χ3v) is 3.08. The summed E-state index contributed by atoms with van der Waals surface area (Å²) < 4.78 is 5.46. The molecule has 0 amide bonds. The average Bonchev–Trinajstić information content (AvgIpc) is 2.58. The van der Waals surface area contributed by atoms with E-state index in [0.717, 1.165) is 37.7 Å². The van der Waals surface area contributed by atoms with E-state index in [1.165, 1.54) is 0 Å². The van der Waals surface area contributed by atoms with Gasteiger partial charge >= 0.3 is 0 Å². The Morgan fingerprint density at radius 3 is 3.07 bits per heavy atom. The zero-order valence-electron chi connectivity index (χ0n) is 9.44. The molecule has 0 radical (unpaired) electrons. The summed E-state index contributed by atoms with van der Waals surface area (Å²) in [6, 6.07) is 0.354. The van der Waals surface area contributed by atoms with Gasteiger partial charge in [0.25, 0.3) is 0 Å². The Morgan fingerprint density at radius 2 is 2.47 bits per heavy atom. The second-order valence-corrected chi connectivity index (χ2v) is 4.53. The van der Waals surface area contributed by atoms with Crippen molar-refractivity contribution in [2.24, 2.45) is 11.7 Å². The number of aryl methyl sites for hydroxylation is 1. The Kier molecular flexibility index (Phi) is 3.07. The average molecular weight is 209 g/mol. The van der Waals surface area contributed by atoms with Crippen molar-refractivity contribution in [1.29, 1.82) is 0 Å². The molecular weight excluding hydrogens is 190 g/mol. The number of rotatable bonds is 2. The Bertz CT molecular complexity index is 323. The number of nitrogens with zero attached hydrogens (tertiary/aromatic N) is 2. The fourth-order valence-electron chi connectivity index (χ4n) is 2.06. The van der Waals surface area contributed by atoms with Gasteiger partial charge in [0.1, 0.15) is 5.76 Å². The highest BCUT2D eigenvalue weighted by Crippen LogP contribution is 2.17. The van der Waals surface area contributed by atoms with Gasteiger partial charge in [-0.2, -0.15) is 0 Å². The summed E-state index contributed by atoms with van der Waals surface area (Å²) >= 11 is 0. The fraction of sp³-hybridized carbons (Fsp3) is 0.727. The number of oxazole rings is 1. The van der Waals surface area contributed by atoms with Crippen molar-refractivity contribution in [3.8, 4) is 0 Å². The van der Waals surface area contributed by atoms with Crippen LogP contribution in [0, 0.1) is 12.8 Å². The molecule has 1 aliphatic heterocycles. The maximum absolute atomic E-state index is 5.97. The van der Waals surface area contributed by atoms with Crippen LogP contribution in [0.4, 0.5) is 0 Å². The lowest BCUT2D eigenvalue weighted by molar-refractivity contribution is 0.145. The number of aromatic nitrogens is 1. The predicted molar refractivity (Wildman–Crippen MR) is 58.3 cm³/mol. The van der Waals surface area contributed by atoms with Crippen molar-refractivity contribution in [1.82, 2.24) is 9.88 Å². The quantitative estimate of drug-likeness (QED) is 0.794. The molecule has 1 aliphatic rings. The van der Waals surface area contributed by atoms with E-state index in [4.69, 9.17) is 10.2 Å². The van der Waals surface area contributed by atoms with Crippen LogP contribution in [0.15, 0.2) is 10.6 Å². The number of hydrogen-bond donors (Lipinski definition) is 1. The zero-order valence-corrected chi connectivity index (χ0v) is 9.44. The first-order chi connectivity index (χ1) is 7.15. The smallest absolute Gasteiger partial charge is 0.208 e. The molecule has 4 heteroatoms. The predicted octanol–water partition coefficient (Wildman–Crippen LogP) is 1.15. The second kappa shape index (κ2) is 4.33. The van der Waals surface area contributed by atoms with Crippen LogP contribution in [0.25, 0.3) is 0 Å². The summed E-state index contributed by atoms with van der Waals surface area (Å²) in [5, 5.41) is 0. The van der Waals surface area contributed by atoms with Gasteiger partial charge in [0, 0.05) is 19.1 Å². The van der Waals surface area contributed by atoms with E-state index in [1.807, 2.05) is 6.92 Å². The van der Waals surface area contributed by atoms with Crippen molar-refractivity contribution in [3.63, 3.8) is 0 Å². The molecule has 4 nitrogen and oxygen atoms in total. The van der Waals surface area contributed by atoms with E-state index in [-0.39, 0.29) is 0 Å². The van der Waals surface area contributed by atoms with Gasteiger partial charge < -0.3 is 10.2 Å². The molecule has 2 heterocycles. The van der Waals surface area contributed by atoms with E-state index >= 15 is 0 Å². The highest BCUT2D eigenvalue weighted by Gasteiger charge is 2.23. The van der Waals surface area contributed by atoms with Crippen LogP contribution >= 0.6 is 0 Å². The zero-order chi connectivity index (χ0) is 10.8.